The van der Waals surface area contributed by atoms with E-state index in [0.29, 0.717) is 17.5 Å². The van der Waals surface area contributed by atoms with E-state index in [9.17, 15) is 0 Å². The highest BCUT2D eigenvalue weighted by Crippen LogP contribution is 2.39. The van der Waals surface area contributed by atoms with Crippen LogP contribution in [-0.4, -0.2) is 24.1 Å². The van der Waals surface area contributed by atoms with Crippen LogP contribution in [0.25, 0.3) is 100 Å². The number of hydrogen-bond donors (Lipinski definition) is 0. The largest absolute Gasteiger partial charge is 0.309 e. The van der Waals surface area contributed by atoms with Crippen LogP contribution in [0, 0.1) is 0 Å². The summed E-state index contributed by atoms with van der Waals surface area (Å²) in [6.45, 7) is 0. The Bertz CT molecular complexity index is 3180. The highest BCUT2D eigenvalue weighted by Gasteiger charge is 2.20. The summed E-state index contributed by atoms with van der Waals surface area (Å²) in [5, 5.41) is 4.77. The molecule has 0 amide bonds. The number of benzene rings is 8. The van der Waals surface area contributed by atoms with Gasteiger partial charge in [0.15, 0.2) is 17.5 Å². The van der Waals surface area contributed by atoms with Gasteiger partial charge in [0, 0.05) is 49.6 Å². The third-order valence-electron chi connectivity index (χ3n) is 10.8. The Morgan fingerprint density at radius 1 is 0.286 bits per heavy atom. The summed E-state index contributed by atoms with van der Waals surface area (Å²) < 4.78 is 4.67. The topological polar surface area (TPSA) is 48.5 Å². The lowest BCUT2D eigenvalue weighted by molar-refractivity contribution is 1.08. The van der Waals surface area contributed by atoms with Gasteiger partial charge in [-0.1, -0.05) is 146 Å². The van der Waals surface area contributed by atoms with Crippen LogP contribution < -0.4 is 0 Å². The first-order chi connectivity index (χ1) is 27.8. The van der Waals surface area contributed by atoms with Crippen molar-refractivity contribution in [2.45, 2.75) is 0 Å². The van der Waals surface area contributed by atoms with Gasteiger partial charge in [0.05, 0.1) is 22.1 Å². The molecule has 11 rings (SSSR count). The molecular weight excluding hydrogens is 683 g/mol. The Hall–Kier alpha value is -7.63. The number of fused-ring (bicyclic) bond motifs is 6. The van der Waals surface area contributed by atoms with Crippen LogP contribution >= 0.6 is 0 Å². The van der Waals surface area contributed by atoms with Gasteiger partial charge in [0.2, 0.25) is 0 Å². The zero-order valence-corrected chi connectivity index (χ0v) is 30.3. The second-order valence-electron chi connectivity index (χ2n) is 14.1. The van der Waals surface area contributed by atoms with Crippen molar-refractivity contribution in [3.05, 3.63) is 200 Å². The van der Waals surface area contributed by atoms with Gasteiger partial charge in [-0.05, 0) is 65.7 Å². The summed E-state index contributed by atoms with van der Waals surface area (Å²) in [6.07, 6.45) is 0. The molecule has 3 aromatic heterocycles. The fourth-order valence-electron chi connectivity index (χ4n) is 8.24. The van der Waals surface area contributed by atoms with Gasteiger partial charge in [-0.15, -0.1) is 0 Å². The van der Waals surface area contributed by atoms with E-state index in [-0.39, 0.29) is 0 Å². The summed E-state index contributed by atoms with van der Waals surface area (Å²) in [6, 6.07) is 70.3. The molecule has 0 spiro atoms. The van der Waals surface area contributed by atoms with E-state index in [4.69, 9.17) is 15.0 Å². The molecule has 0 radical (unpaired) electrons. The Morgan fingerprint density at radius 2 is 0.750 bits per heavy atom. The van der Waals surface area contributed by atoms with E-state index in [1.165, 1.54) is 21.8 Å². The first kappa shape index (κ1) is 31.9. The molecule has 8 aromatic carbocycles. The van der Waals surface area contributed by atoms with E-state index in [0.717, 1.165) is 61.0 Å². The van der Waals surface area contributed by atoms with E-state index in [1.54, 1.807) is 0 Å². The van der Waals surface area contributed by atoms with Gasteiger partial charge < -0.3 is 9.13 Å². The molecule has 0 unspecified atom stereocenters. The fourth-order valence-corrected chi connectivity index (χ4v) is 8.24. The number of nitrogens with zero attached hydrogens (tertiary/aromatic N) is 5. The van der Waals surface area contributed by atoms with E-state index in [1.807, 2.05) is 18.2 Å². The maximum atomic E-state index is 5.24. The molecule has 0 saturated heterocycles. The number of aromatic nitrogens is 5. The van der Waals surface area contributed by atoms with Crippen LogP contribution in [0.3, 0.4) is 0 Å². The zero-order chi connectivity index (χ0) is 37.0. The predicted octanol–water partition coefficient (Wildman–Crippen LogP) is 12.7. The van der Waals surface area contributed by atoms with Crippen molar-refractivity contribution in [1.82, 2.24) is 24.1 Å². The molecule has 262 valence electrons. The zero-order valence-electron chi connectivity index (χ0n) is 30.3. The molecule has 0 N–H and O–H groups in total. The van der Waals surface area contributed by atoms with Crippen molar-refractivity contribution in [3.63, 3.8) is 0 Å². The fraction of sp³-hybridized carbons (Fsp3) is 0. The molecule has 0 aliphatic rings. The standard InChI is InChI=1S/C51H33N5/c1-3-15-35(16-4-1)49-52-50(54-51(53-49)43-24-14-28-47-48(43)42-23-9-12-27-46(42)56(47)38-19-5-2-6-20-38)37-18-13-17-36(33-37)34-29-31-39(32-30-34)55-44-25-10-7-21-40(44)41-22-8-11-26-45(41)55/h1-33H. The van der Waals surface area contributed by atoms with Crippen molar-refractivity contribution in [2.24, 2.45) is 0 Å². The van der Waals surface area contributed by atoms with Gasteiger partial charge in [-0.2, -0.15) is 0 Å². The molecule has 0 aliphatic heterocycles. The molecule has 5 nitrogen and oxygen atoms in total. The Kier molecular flexibility index (Phi) is 7.42. The lowest BCUT2D eigenvalue weighted by Gasteiger charge is -2.12. The third kappa shape index (κ3) is 5.21. The minimum absolute atomic E-state index is 0.626. The van der Waals surface area contributed by atoms with Crippen LogP contribution in [-0.2, 0) is 0 Å². The second-order valence-corrected chi connectivity index (χ2v) is 14.1. The van der Waals surface area contributed by atoms with Crippen LogP contribution in [0.15, 0.2) is 200 Å². The number of rotatable bonds is 6. The van der Waals surface area contributed by atoms with E-state index < -0.39 is 0 Å². The first-order valence-electron chi connectivity index (χ1n) is 18.9. The number of para-hydroxylation sites is 4. The monoisotopic (exact) mass is 715 g/mol. The molecule has 5 heteroatoms. The summed E-state index contributed by atoms with van der Waals surface area (Å²) in [5.74, 6) is 1.90. The SMILES string of the molecule is c1ccc(-c2nc(-c3cccc(-c4ccc(-n5c6ccccc6c6ccccc65)cc4)c3)nc(-c3cccc4c3c3ccccc3n4-c3ccccc3)n2)cc1. The molecule has 0 aliphatic carbocycles. The predicted molar refractivity (Wildman–Crippen MR) is 230 cm³/mol. The normalized spacial score (nSPS) is 11.6. The van der Waals surface area contributed by atoms with Crippen LogP contribution in [0.5, 0.6) is 0 Å². The average Bonchev–Trinajstić information content (AvgIpc) is 3.80. The molecule has 0 fully saturated rings. The summed E-state index contributed by atoms with van der Waals surface area (Å²) in [4.78, 5) is 15.5. The van der Waals surface area contributed by atoms with E-state index >= 15 is 0 Å². The first-order valence-corrected chi connectivity index (χ1v) is 18.9. The van der Waals surface area contributed by atoms with Gasteiger partial charge in [-0.3, -0.25) is 0 Å². The Morgan fingerprint density at radius 3 is 1.45 bits per heavy atom. The van der Waals surface area contributed by atoms with Crippen molar-refractivity contribution < 1.29 is 0 Å². The third-order valence-corrected chi connectivity index (χ3v) is 10.8. The van der Waals surface area contributed by atoms with Crippen LogP contribution in [0.1, 0.15) is 0 Å². The van der Waals surface area contributed by atoms with Crippen molar-refractivity contribution in [3.8, 4) is 56.7 Å². The molecule has 56 heavy (non-hydrogen) atoms. The second kappa shape index (κ2) is 13.0. The highest BCUT2D eigenvalue weighted by molar-refractivity contribution is 6.15. The Labute approximate surface area is 323 Å². The number of hydrogen-bond acceptors (Lipinski definition) is 3. The van der Waals surface area contributed by atoms with Crippen LogP contribution in [0.4, 0.5) is 0 Å². The summed E-state index contributed by atoms with van der Waals surface area (Å²) in [5.41, 5.74) is 11.9. The lowest BCUT2D eigenvalue weighted by atomic mass is 10.0. The molecule has 0 bridgehead atoms. The summed E-state index contributed by atoms with van der Waals surface area (Å²) in [7, 11) is 0. The van der Waals surface area contributed by atoms with Crippen LogP contribution in [0.2, 0.25) is 0 Å². The maximum Gasteiger partial charge on any atom is 0.164 e. The van der Waals surface area contributed by atoms with Gasteiger partial charge >= 0.3 is 0 Å². The summed E-state index contributed by atoms with van der Waals surface area (Å²) >= 11 is 0. The molecule has 0 saturated carbocycles. The van der Waals surface area contributed by atoms with Crippen molar-refractivity contribution in [1.29, 1.82) is 0 Å². The lowest BCUT2D eigenvalue weighted by Crippen LogP contribution is -2.00. The maximum absolute atomic E-state index is 5.24. The highest BCUT2D eigenvalue weighted by atomic mass is 15.0. The van der Waals surface area contributed by atoms with Crippen molar-refractivity contribution in [2.75, 3.05) is 0 Å². The quantitative estimate of drug-likeness (QED) is 0.172. The average molecular weight is 716 g/mol. The van der Waals surface area contributed by atoms with Crippen molar-refractivity contribution >= 4 is 43.6 Å². The van der Waals surface area contributed by atoms with Gasteiger partial charge in [-0.25, -0.2) is 15.0 Å². The molecule has 3 heterocycles. The molecule has 11 aromatic rings. The van der Waals surface area contributed by atoms with E-state index in [2.05, 4.69) is 191 Å². The molecular formula is C51H33N5. The smallest absolute Gasteiger partial charge is 0.164 e. The molecule has 0 atom stereocenters. The Balaban J connectivity index is 1.05. The van der Waals surface area contributed by atoms with Gasteiger partial charge in [0.25, 0.3) is 0 Å². The minimum atomic E-state index is 0.626. The van der Waals surface area contributed by atoms with Gasteiger partial charge in [0.1, 0.15) is 0 Å². The minimum Gasteiger partial charge on any atom is -0.309 e.